The van der Waals surface area contributed by atoms with Gasteiger partial charge in [-0.05, 0) is 31.4 Å². The third-order valence-corrected chi connectivity index (χ3v) is 2.89. The molecule has 0 heterocycles. The molecule has 2 N–H and O–H groups in total. The van der Waals surface area contributed by atoms with Gasteiger partial charge in [-0.15, -0.1) is 0 Å². The van der Waals surface area contributed by atoms with Crippen LogP contribution in [0.1, 0.15) is 25.0 Å². The molecule has 0 fully saturated rings. The summed E-state index contributed by atoms with van der Waals surface area (Å²) in [5.74, 6) is -0.842. The molecule has 0 aliphatic rings. The number of rotatable bonds is 5. The van der Waals surface area contributed by atoms with E-state index < -0.39 is 11.4 Å². The quantitative estimate of drug-likeness (QED) is 0.833. The Labute approximate surface area is 107 Å². The van der Waals surface area contributed by atoms with Crippen LogP contribution >= 0.6 is 0 Å². The highest BCUT2D eigenvalue weighted by Crippen LogP contribution is 2.22. The molecule has 1 rings (SSSR count). The molecular weight excluding hydrogens is 230 g/mol. The van der Waals surface area contributed by atoms with Crippen molar-refractivity contribution in [1.82, 2.24) is 5.32 Å². The van der Waals surface area contributed by atoms with Crippen molar-refractivity contribution in [3.63, 3.8) is 0 Å². The fraction of sp³-hybridized carbons (Fsp3) is 0.429. The van der Waals surface area contributed by atoms with E-state index in [1.807, 2.05) is 24.3 Å². The van der Waals surface area contributed by atoms with Gasteiger partial charge in [0.05, 0.1) is 11.8 Å². The molecule has 0 aliphatic carbocycles. The summed E-state index contributed by atoms with van der Waals surface area (Å²) in [4.78, 5) is 22.2. The number of carbonyl (C=O) groups excluding carboxylic acids is 1. The Hall–Kier alpha value is -1.84. The first-order chi connectivity index (χ1) is 8.35. The first-order valence-electron chi connectivity index (χ1n) is 5.87. The lowest BCUT2D eigenvalue weighted by atomic mass is 9.86. The van der Waals surface area contributed by atoms with Crippen LogP contribution in [0.4, 0.5) is 0 Å². The number of aliphatic carboxylic acids is 1. The first-order valence-corrected chi connectivity index (χ1v) is 5.87. The molecule has 0 saturated carbocycles. The molecule has 0 spiro atoms. The molecular formula is C14H19NO3. The van der Waals surface area contributed by atoms with Crippen LogP contribution in [0.25, 0.3) is 0 Å². The average Bonchev–Trinajstić information content (AvgIpc) is 2.31. The molecule has 1 amide bonds. The fourth-order valence-electron chi connectivity index (χ4n) is 1.63. The van der Waals surface area contributed by atoms with Crippen molar-refractivity contribution in [3.8, 4) is 0 Å². The number of carboxylic acid groups (broad SMARTS) is 1. The third kappa shape index (κ3) is 3.87. The second kappa shape index (κ2) is 5.67. The van der Waals surface area contributed by atoms with E-state index in [9.17, 15) is 9.59 Å². The van der Waals surface area contributed by atoms with Crippen molar-refractivity contribution < 1.29 is 14.7 Å². The van der Waals surface area contributed by atoms with E-state index in [0.717, 1.165) is 11.1 Å². The van der Waals surface area contributed by atoms with Gasteiger partial charge in [0.25, 0.3) is 0 Å². The van der Waals surface area contributed by atoms with Crippen LogP contribution in [0.15, 0.2) is 24.3 Å². The van der Waals surface area contributed by atoms with E-state index in [1.54, 1.807) is 20.9 Å². The standard InChI is InChI=1S/C14H19NO3/c1-14(2,13(17)18)9-11-6-4-10(5-7-11)8-12(16)15-3/h4-7H,8-9H2,1-3H3,(H,15,16)(H,17,18). The van der Waals surface area contributed by atoms with Gasteiger partial charge in [0.15, 0.2) is 0 Å². The molecule has 0 atom stereocenters. The maximum atomic E-state index is 11.2. The van der Waals surface area contributed by atoms with Gasteiger partial charge in [-0.2, -0.15) is 0 Å². The van der Waals surface area contributed by atoms with Crippen molar-refractivity contribution in [2.75, 3.05) is 7.05 Å². The lowest BCUT2D eigenvalue weighted by Gasteiger charge is -2.19. The highest BCUT2D eigenvalue weighted by atomic mass is 16.4. The third-order valence-electron chi connectivity index (χ3n) is 2.89. The number of likely N-dealkylation sites (N-methyl/N-ethyl adjacent to an activating group) is 1. The minimum Gasteiger partial charge on any atom is -0.481 e. The van der Waals surface area contributed by atoms with E-state index in [4.69, 9.17) is 5.11 Å². The molecule has 0 bridgehead atoms. The average molecular weight is 249 g/mol. The number of nitrogens with one attached hydrogen (secondary N) is 1. The number of carboxylic acids is 1. The van der Waals surface area contributed by atoms with Gasteiger partial charge in [-0.1, -0.05) is 24.3 Å². The maximum Gasteiger partial charge on any atom is 0.309 e. The van der Waals surface area contributed by atoms with Gasteiger partial charge in [-0.25, -0.2) is 0 Å². The van der Waals surface area contributed by atoms with E-state index in [-0.39, 0.29) is 5.91 Å². The summed E-state index contributed by atoms with van der Waals surface area (Å²) >= 11 is 0. The van der Waals surface area contributed by atoms with Crippen LogP contribution in [0.2, 0.25) is 0 Å². The van der Waals surface area contributed by atoms with Gasteiger partial charge >= 0.3 is 5.97 Å². The Bertz CT molecular complexity index is 435. The van der Waals surface area contributed by atoms with Crippen molar-refractivity contribution in [2.45, 2.75) is 26.7 Å². The zero-order valence-electron chi connectivity index (χ0n) is 11.0. The van der Waals surface area contributed by atoms with Gasteiger partial charge in [-0.3, -0.25) is 9.59 Å². The Kier molecular flexibility index (Phi) is 4.48. The van der Waals surface area contributed by atoms with E-state index in [2.05, 4.69) is 5.32 Å². The van der Waals surface area contributed by atoms with Crippen LogP contribution in [-0.2, 0) is 22.4 Å². The molecule has 0 aromatic heterocycles. The second-order valence-corrected chi connectivity index (χ2v) is 5.03. The second-order valence-electron chi connectivity index (χ2n) is 5.03. The van der Waals surface area contributed by atoms with E-state index >= 15 is 0 Å². The number of amides is 1. The molecule has 0 aliphatic heterocycles. The topological polar surface area (TPSA) is 66.4 Å². The minimum absolute atomic E-state index is 0.0337. The monoisotopic (exact) mass is 249 g/mol. The number of benzene rings is 1. The molecule has 1 aromatic carbocycles. The zero-order chi connectivity index (χ0) is 13.8. The van der Waals surface area contributed by atoms with Gasteiger partial charge < -0.3 is 10.4 Å². The highest BCUT2D eigenvalue weighted by molar-refractivity contribution is 5.78. The summed E-state index contributed by atoms with van der Waals surface area (Å²) in [6, 6.07) is 7.48. The summed E-state index contributed by atoms with van der Waals surface area (Å²) in [6.07, 6.45) is 0.821. The largest absolute Gasteiger partial charge is 0.481 e. The normalized spacial score (nSPS) is 11.1. The molecule has 0 unspecified atom stereocenters. The smallest absolute Gasteiger partial charge is 0.309 e. The van der Waals surface area contributed by atoms with Crippen LogP contribution in [0.3, 0.4) is 0 Å². The molecule has 0 saturated heterocycles. The van der Waals surface area contributed by atoms with Crippen LogP contribution in [-0.4, -0.2) is 24.0 Å². The lowest BCUT2D eigenvalue weighted by molar-refractivity contribution is -0.146. The molecule has 98 valence electrons. The predicted molar refractivity (Wildman–Crippen MR) is 69.3 cm³/mol. The molecule has 4 nitrogen and oxygen atoms in total. The summed E-state index contributed by atoms with van der Waals surface area (Å²) < 4.78 is 0. The zero-order valence-corrected chi connectivity index (χ0v) is 11.0. The van der Waals surface area contributed by atoms with E-state index in [0.29, 0.717) is 12.8 Å². The molecule has 1 aromatic rings. The fourth-order valence-corrected chi connectivity index (χ4v) is 1.63. The van der Waals surface area contributed by atoms with Crippen molar-refractivity contribution >= 4 is 11.9 Å². The number of hydrogen-bond donors (Lipinski definition) is 2. The van der Waals surface area contributed by atoms with Crippen LogP contribution < -0.4 is 5.32 Å². The summed E-state index contributed by atoms with van der Waals surface area (Å²) in [5, 5.41) is 11.6. The highest BCUT2D eigenvalue weighted by Gasteiger charge is 2.27. The Morgan fingerprint density at radius 1 is 1.17 bits per heavy atom. The SMILES string of the molecule is CNC(=O)Cc1ccc(CC(C)(C)C(=O)O)cc1. The Balaban J connectivity index is 2.72. The van der Waals surface area contributed by atoms with E-state index in [1.165, 1.54) is 0 Å². The number of carbonyl (C=O) groups is 2. The number of hydrogen-bond acceptors (Lipinski definition) is 2. The molecule has 4 heteroatoms. The van der Waals surface area contributed by atoms with Crippen molar-refractivity contribution in [2.24, 2.45) is 5.41 Å². The van der Waals surface area contributed by atoms with Gasteiger partial charge in [0, 0.05) is 7.05 Å². The predicted octanol–water partition coefficient (Wildman–Crippen LogP) is 1.63. The van der Waals surface area contributed by atoms with Crippen LogP contribution in [0, 0.1) is 5.41 Å². The van der Waals surface area contributed by atoms with Crippen LogP contribution in [0.5, 0.6) is 0 Å². The molecule has 0 radical (unpaired) electrons. The summed E-state index contributed by atoms with van der Waals surface area (Å²) in [6.45, 7) is 3.40. The van der Waals surface area contributed by atoms with Crippen molar-refractivity contribution in [1.29, 1.82) is 0 Å². The Morgan fingerprint density at radius 2 is 1.67 bits per heavy atom. The summed E-state index contributed by atoms with van der Waals surface area (Å²) in [5.41, 5.74) is 1.11. The lowest BCUT2D eigenvalue weighted by Crippen LogP contribution is -2.26. The maximum absolute atomic E-state index is 11.2. The van der Waals surface area contributed by atoms with Gasteiger partial charge in [0.1, 0.15) is 0 Å². The van der Waals surface area contributed by atoms with Crippen molar-refractivity contribution in [3.05, 3.63) is 35.4 Å². The molecule has 18 heavy (non-hydrogen) atoms. The minimum atomic E-state index is -0.808. The van der Waals surface area contributed by atoms with Gasteiger partial charge in [0.2, 0.25) is 5.91 Å². The Morgan fingerprint density at radius 3 is 2.11 bits per heavy atom. The summed E-state index contributed by atoms with van der Waals surface area (Å²) in [7, 11) is 1.60. The first kappa shape index (κ1) is 14.2.